The Morgan fingerprint density at radius 3 is 2.83 bits per heavy atom. The number of nitrogens with zero attached hydrogens (tertiary/aromatic N) is 3. The first kappa shape index (κ1) is 13.1. The second-order valence-corrected chi connectivity index (χ2v) is 4.90. The van der Waals surface area contributed by atoms with Crippen LogP contribution in [0.5, 0.6) is 0 Å². The van der Waals surface area contributed by atoms with E-state index in [9.17, 15) is 5.11 Å². The molecule has 5 nitrogen and oxygen atoms in total. The molecule has 0 radical (unpaired) electrons. The van der Waals surface area contributed by atoms with Gasteiger partial charge >= 0.3 is 0 Å². The molecule has 0 unspecified atom stereocenters. The molecular weight excluding hydrogens is 228 g/mol. The lowest BCUT2D eigenvalue weighted by atomic mass is 10.2. The first-order chi connectivity index (χ1) is 8.61. The molecule has 100 valence electrons. The summed E-state index contributed by atoms with van der Waals surface area (Å²) < 4.78 is 0. The topological polar surface area (TPSA) is 75.3 Å². The van der Waals surface area contributed by atoms with Gasteiger partial charge in [0.15, 0.2) is 0 Å². The highest BCUT2D eigenvalue weighted by Crippen LogP contribution is 2.24. The molecule has 2 rings (SSSR count). The zero-order valence-electron chi connectivity index (χ0n) is 11.2. The maximum absolute atomic E-state index is 9.69. The summed E-state index contributed by atoms with van der Waals surface area (Å²) in [5.41, 5.74) is 7.91. The number of aryl methyl sites for hydroxylation is 1. The average Bonchev–Trinajstić information content (AvgIpc) is 2.56. The van der Waals surface area contributed by atoms with Crippen molar-refractivity contribution in [3.8, 4) is 0 Å². The summed E-state index contributed by atoms with van der Waals surface area (Å²) in [4.78, 5) is 10.9. The maximum Gasteiger partial charge on any atom is 0.222 e. The number of hydrogen-bond acceptors (Lipinski definition) is 5. The van der Waals surface area contributed by atoms with Gasteiger partial charge in [-0.15, -0.1) is 0 Å². The molecule has 0 amide bonds. The standard InChI is InChI=1S/C13H22N4O/c1-3-11-9(2)12(16-13(14)15-11)17-7-4-5-10(18)6-8-17/h10,18H,3-8H2,1-2H3,(H2,14,15,16)/t10-/m1/s1. The minimum atomic E-state index is -0.180. The van der Waals surface area contributed by atoms with Crippen LogP contribution in [0.4, 0.5) is 11.8 Å². The van der Waals surface area contributed by atoms with Crippen molar-refractivity contribution in [2.75, 3.05) is 23.7 Å². The highest BCUT2D eigenvalue weighted by molar-refractivity contribution is 5.51. The van der Waals surface area contributed by atoms with Gasteiger partial charge in [-0.05, 0) is 32.6 Å². The summed E-state index contributed by atoms with van der Waals surface area (Å²) in [6.45, 7) is 5.89. The second kappa shape index (κ2) is 5.52. The summed E-state index contributed by atoms with van der Waals surface area (Å²) in [5, 5.41) is 9.69. The van der Waals surface area contributed by atoms with Crippen LogP contribution < -0.4 is 10.6 Å². The van der Waals surface area contributed by atoms with E-state index in [1.165, 1.54) is 0 Å². The minimum Gasteiger partial charge on any atom is -0.393 e. The summed E-state index contributed by atoms with van der Waals surface area (Å²) in [6.07, 6.45) is 3.34. The fourth-order valence-electron chi connectivity index (χ4n) is 2.51. The Balaban J connectivity index is 2.29. The lowest BCUT2D eigenvalue weighted by molar-refractivity contribution is 0.161. The van der Waals surface area contributed by atoms with Gasteiger partial charge < -0.3 is 15.7 Å². The van der Waals surface area contributed by atoms with Gasteiger partial charge in [-0.25, -0.2) is 4.98 Å². The molecular formula is C13H22N4O. The van der Waals surface area contributed by atoms with E-state index in [0.29, 0.717) is 5.95 Å². The van der Waals surface area contributed by atoms with E-state index in [4.69, 9.17) is 5.73 Å². The van der Waals surface area contributed by atoms with Crippen molar-refractivity contribution < 1.29 is 5.11 Å². The van der Waals surface area contributed by atoms with Gasteiger partial charge in [0, 0.05) is 18.7 Å². The molecule has 0 aromatic carbocycles. The van der Waals surface area contributed by atoms with Crippen molar-refractivity contribution >= 4 is 11.8 Å². The molecule has 1 fully saturated rings. The summed E-state index contributed by atoms with van der Waals surface area (Å²) in [7, 11) is 0. The van der Waals surface area contributed by atoms with E-state index >= 15 is 0 Å². The number of aliphatic hydroxyl groups is 1. The van der Waals surface area contributed by atoms with Crippen LogP contribution in [0.2, 0.25) is 0 Å². The number of aromatic nitrogens is 2. The Morgan fingerprint density at radius 2 is 2.11 bits per heavy atom. The molecule has 1 aliphatic rings. The van der Waals surface area contributed by atoms with Crippen molar-refractivity contribution in [1.82, 2.24) is 9.97 Å². The third kappa shape index (κ3) is 2.72. The van der Waals surface area contributed by atoms with Crippen LogP contribution in [0.25, 0.3) is 0 Å². The first-order valence-corrected chi connectivity index (χ1v) is 6.67. The first-order valence-electron chi connectivity index (χ1n) is 6.67. The van der Waals surface area contributed by atoms with E-state index in [1.54, 1.807) is 0 Å². The average molecular weight is 250 g/mol. The molecule has 0 saturated carbocycles. The molecule has 1 aromatic rings. The van der Waals surface area contributed by atoms with Crippen LogP contribution >= 0.6 is 0 Å². The molecule has 0 spiro atoms. The Bertz CT molecular complexity index is 422. The van der Waals surface area contributed by atoms with Gasteiger partial charge in [0.05, 0.1) is 11.8 Å². The minimum absolute atomic E-state index is 0.180. The number of rotatable bonds is 2. The predicted octanol–water partition coefficient (Wildman–Crippen LogP) is 1.28. The zero-order chi connectivity index (χ0) is 13.1. The number of anilines is 2. The monoisotopic (exact) mass is 250 g/mol. The van der Waals surface area contributed by atoms with Crippen LogP contribution in [-0.2, 0) is 6.42 Å². The number of nitrogens with two attached hydrogens (primary N) is 1. The van der Waals surface area contributed by atoms with Crippen molar-refractivity contribution in [3.63, 3.8) is 0 Å². The van der Waals surface area contributed by atoms with Crippen LogP contribution in [-0.4, -0.2) is 34.3 Å². The summed E-state index contributed by atoms with van der Waals surface area (Å²) in [6, 6.07) is 0. The van der Waals surface area contributed by atoms with Gasteiger partial charge in [-0.2, -0.15) is 4.98 Å². The smallest absolute Gasteiger partial charge is 0.222 e. The Kier molecular flexibility index (Phi) is 4.01. The predicted molar refractivity (Wildman–Crippen MR) is 72.6 cm³/mol. The molecule has 1 aliphatic heterocycles. The molecule has 3 N–H and O–H groups in total. The molecule has 2 heterocycles. The fourth-order valence-corrected chi connectivity index (χ4v) is 2.51. The Labute approximate surface area is 108 Å². The SMILES string of the molecule is CCc1nc(N)nc(N2CCC[C@@H](O)CC2)c1C. The van der Waals surface area contributed by atoms with E-state index in [2.05, 4.69) is 28.7 Å². The summed E-state index contributed by atoms with van der Waals surface area (Å²) in [5.74, 6) is 1.28. The van der Waals surface area contributed by atoms with Gasteiger partial charge in [0.2, 0.25) is 5.95 Å². The van der Waals surface area contributed by atoms with Crippen LogP contribution in [0.15, 0.2) is 0 Å². The maximum atomic E-state index is 9.69. The fraction of sp³-hybridized carbons (Fsp3) is 0.692. The van der Waals surface area contributed by atoms with E-state index in [0.717, 1.165) is 55.8 Å². The van der Waals surface area contributed by atoms with Gasteiger partial charge in [-0.1, -0.05) is 6.92 Å². The third-order valence-corrected chi connectivity index (χ3v) is 3.57. The highest BCUT2D eigenvalue weighted by Gasteiger charge is 2.19. The quantitative estimate of drug-likeness (QED) is 0.827. The van der Waals surface area contributed by atoms with Gasteiger partial charge in [0.1, 0.15) is 5.82 Å². The second-order valence-electron chi connectivity index (χ2n) is 4.90. The third-order valence-electron chi connectivity index (χ3n) is 3.57. The summed E-state index contributed by atoms with van der Waals surface area (Å²) >= 11 is 0. The van der Waals surface area contributed by atoms with Crippen molar-refractivity contribution in [2.45, 2.75) is 45.6 Å². The van der Waals surface area contributed by atoms with E-state index in [1.807, 2.05) is 0 Å². The molecule has 5 heteroatoms. The lowest BCUT2D eigenvalue weighted by Crippen LogP contribution is -2.27. The number of aliphatic hydroxyl groups excluding tert-OH is 1. The normalized spacial score (nSPS) is 20.8. The molecule has 18 heavy (non-hydrogen) atoms. The van der Waals surface area contributed by atoms with Crippen LogP contribution in [0.3, 0.4) is 0 Å². The Hall–Kier alpha value is -1.36. The van der Waals surface area contributed by atoms with E-state index in [-0.39, 0.29) is 6.10 Å². The highest BCUT2D eigenvalue weighted by atomic mass is 16.3. The van der Waals surface area contributed by atoms with Gasteiger partial charge in [-0.3, -0.25) is 0 Å². The molecule has 1 saturated heterocycles. The van der Waals surface area contributed by atoms with Gasteiger partial charge in [0.25, 0.3) is 0 Å². The zero-order valence-corrected chi connectivity index (χ0v) is 11.2. The van der Waals surface area contributed by atoms with Crippen LogP contribution in [0, 0.1) is 6.92 Å². The van der Waals surface area contributed by atoms with E-state index < -0.39 is 0 Å². The lowest BCUT2D eigenvalue weighted by Gasteiger charge is -2.24. The van der Waals surface area contributed by atoms with Crippen LogP contribution in [0.1, 0.15) is 37.4 Å². The van der Waals surface area contributed by atoms with Crippen molar-refractivity contribution in [3.05, 3.63) is 11.3 Å². The molecule has 0 aliphatic carbocycles. The molecule has 0 bridgehead atoms. The van der Waals surface area contributed by atoms with Crippen molar-refractivity contribution in [2.24, 2.45) is 0 Å². The number of hydrogen-bond donors (Lipinski definition) is 2. The van der Waals surface area contributed by atoms with Crippen molar-refractivity contribution in [1.29, 1.82) is 0 Å². The Morgan fingerprint density at radius 1 is 1.33 bits per heavy atom. The largest absolute Gasteiger partial charge is 0.393 e. The molecule has 1 atom stereocenters. The molecule has 1 aromatic heterocycles. The number of nitrogen functional groups attached to an aromatic ring is 1.